The normalized spacial score (nSPS) is 27.3. The first-order chi connectivity index (χ1) is 9.06. The van der Waals surface area contributed by atoms with Gasteiger partial charge in [0.05, 0.1) is 24.3 Å². The third-order valence-corrected chi connectivity index (χ3v) is 5.12. The molecule has 116 valence electrons. The topological polar surface area (TPSA) is 104 Å². The number of aliphatic carboxylic acids is 1. The molecule has 1 aliphatic carbocycles. The van der Waals surface area contributed by atoms with Crippen LogP contribution in [0.5, 0.6) is 0 Å². The van der Waals surface area contributed by atoms with Crippen molar-refractivity contribution in [1.82, 2.24) is 9.62 Å². The van der Waals surface area contributed by atoms with E-state index in [-0.39, 0.29) is 6.54 Å². The fraction of sp³-hybridized carbons (Fsp3) is 0.833. The van der Waals surface area contributed by atoms with Crippen molar-refractivity contribution in [1.29, 1.82) is 0 Å². The molecule has 1 saturated carbocycles. The van der Waals surface area contributed by atoms with Crippen LogP contribution in [0.15, 0.2) is 0 Å². The van der Waals surface area contributed by atoms with Crippen LogP contribution < -0.4 is 5.32 Å². The van der Waals surface area contributed by atoms with Crippen molar-refractivity contribution in [3.63, 3.8) is 0 Å². The largest absolute Gasteiger partial charge is 0.481 e. The van der Waals surface area contributed by atoms with E-state index in [0.717, 1.165) is 23.4 Å². The van der Waals surface area contributed by atoms with Gasteiger partial charge < -0.3 is 10.4 Å². The van der Waals surface area contributed by atoms with E-state index in [4.69, 9.17) is 0 Å². The summed E-state index contributed by atoms with van der Waals surface area (Å²) in [6, 6.07) is 0. The number of likely N-dealkylation sites (N-methyl/N-ethyl adjacent to an activating group) is 1. The molecule has 0 bridgehead atoms. The van der Waals surface area contributed by atoms with Crippen LogP contribution in [0.3, 0.4) is 0 Å². The number of nitrogens with one attached hydrogen (secondary N) is 1. The molecule has 0 heterocycles. The van der Waals surface area contributed by atoms with Crippen molar-refractivity contribution in [2.24, 2.45) is 5.92 Å². The smallest absolute Gasteiger partial charge is 0.308 e. The Hall–Kier alpha value is -1.15. The monoisotopic (exact) mass is 306 g/mol. The molecule has 1 aliphatic rings. The number of sulfonamides is 1. The lowest BCUT2D eigenvalue weighted by Crippen LogP contribution is -2.57. The summed E-state index contributed by atoms with van der Waals surface area (Å²) in [6.45, 7) is 1.41. The highest BCUT2D eigenvalue weighted by molar-refractivity contribution is 7.88. The highest BCUT2D eigenvalue weighted by atomic mass is 32.2. The number of hydrogen-bond acceptors (Lipinski definition) is 4. The molecule has 0 aliphatic heterocycles. The predicted octanol–water partition coefficient (Wildman–Crippen LogP) is 0.0275. The Morgan fingerprint density at radius 1 is 1.40 bits per heavy atom. The first-order valence-electron chi connectivity index (χ1n) is 6.51. The number of carbonyl (C=O) groups is 2. The molecule has 2 N–H and O–H groups in total. The Morgan fingerprint density at radius 2 is 2.00 bits per heavy atom. The number of amides is 1. The zero-order chi connectivity index (χ0) is 15.6. The molecular formula is C12H22N2O5S. The second-order valence-corrected chi connectivity index (χ2v) is 7.71. The van der Waals surface area contributed by atoms with Crippen LogP contribution >= 0.6 is 0 Å². The average Bonchev–Trinajstić information content (AvgIpc) is 2.26. The summed E-state index contributed by atoms with van der Waals surface area (Å²) in [6.07, 6.45) is 3.79. The summed E-state index contributed by atoms with van der Waals surface area (Å²) >= 11 is 0. The number of carboxylic acid groups (broad SMARTS) is 1. The maximum Gasteiger partial charge on any atom is 0.308 e. The lowest BCUT2D eigenvalue weighted by atomic mass is 9.74. The van der Waals surface area contributed by atoms with E-state index in [1.54, 1.807) is 6.92 Å². The van der Waals surface area contributed by atoms with Crippen LogP contribution in [0.4, 0.5) is 0 Å². The minimum absolute atomic E-state index is 0.305. The van der Waals surface area contributed by atoms with Gasteiger partial charge in [-0.2, -0.15) is 4.31 Å². The molecule has 1 rings (SSSR count). The maximum absolute atomic E-state index is 11.9. The Kier molecular flexibility index (Phi) is 5.15. The molecular weight excluding hydrogens is 284 g/mol. The van der Waals surface area contributed by atoms with Gasteiger partial charge in [0.15, 0.2) is 0 Å². The quantitative estimate of drug-likeness (QED) is 0.745. The third kappa shape index (κ3) is 4.17. The second kappa shape index (κ2) is 6.09. The summed E-state index contributed by atoms with van der Waals surface area (Å²) in [4.78, 5) is 23.2. The lowest BCUT2D eigenvalue weighted by molar-refractivity contribution is -0.146. The lowest BCUT2D eigenvalue weighted by Gasteiger charge is -2.40. The van der Waals surface area contributed by atoms with E-state index >= 15 is 0 Å². The Bertz CT molecular complexity index is 490. The fourth-order valence-corrected chi connectivity index (χ4v) is 2.91. The number of rotatable bonds is 5. The van der Waals surface area contributed by atoms with Crippen LogP contribution in [-0.2, 0) is 19.6 Å². The van der Waals surface area contributed by atoms with E-state index in [0.29, 0.717) is 12.8 Å². The molecule has 0 spiro atoms. The first kappa shape index (κ1) is 16.9. The highest BCUT2D eigenvalue weighted by Gasteiger charge is 2.42. The molecule has 7 nitrogen and oxygen atoms in total. The zero-order valence-corrected chi connectivity index (χ0v) is 12.9. The van der Waals surface area contributed by atoms with Gasteiger partial charge in [-0.25, -0.2) is 8.42 Å². The number of hydrogen-bond donors (Lipinski definition) is 2. The minimum atomic E-state index is -3.43. The third-order valence-electron chi connectivity index (χ3n) is 3.86. The molecule has 0 saturated heterocycles. The van der Waals surface area contributed by atoms with Crippen molar-refractivity contribution < 1.29 is 23.1 Å². The van der Waals surface area contributed by atoms with Crippen LogP contribution in [0.25, 0.3) is 0 Å². The summed E-state index contributed by atoms with van der Waals surface area (Å²) in [5.41, 5.74) is -0.820. The van der Waals surface area contributed by atoms with Crippen molar-refractivity contribution in [3.8, 4) is 0 Å². The van der Waals surface area contributed by atoms with Crippen molar-refractivity contribution in [2.45, 2.75) is 38.1 Å². The molecule has 20 heavy (non-hydrogen) atoms. The van der Waals surface area contributed by atoms with Gasteiger partial charge in [0.2, 0.25) is 15.9 Å². The van der Waals surface area contributed by atoms with E-state index < -0.39 is 33.4 Å². The molecule has 0 aromatic carbocycles. The molecule has 0 radical (unpaired) electrons. The van der Waals surface area contributed by atoms with Crippen LogP contribution in [0.1, 0.15) is 32.6 Å². The van der Waals surface area contributed by atoms with Gasteiger partial charge in [-0.15, -0.1) is 0 Å². The van der Waals surface area contributed by atoms with Crippen LogP contribution in [0.2, 0.25) is 0 Å². The highest BCUT2D eigenvalue weighted by Crippen LogP contribution is 2.33. The number of nitrogens with zero attached hydrogens (tertiary/aromatic N) is 1. The standard InChI is InChI=1S/C12H22N2O5S/c1-12(7-5-4-6-9(12)11(16)17)13-10(15)8-14(2)20(3,18)19/h9H,4-8H2,1-3H3,(H,13,15)(H,16,17). The van der Waals surface area contributed by atoms with Gasteiger partial charge in [-0.3, -0.25) is 9.59 Å². The van der Waals surface area contributed by atoms with E-state index in [1.807, 2.05) is 0 Å². The van der Waals surface area contributed by atoms with E-state index in [1.165, 1.54) is 7.05 Å². The number of carboxylic acids is 1. The van der Waals surface area contributed by atoms with Crippen LogP contribution in [-0.4, -0.2) is 55.1 Å². The van der Waals surface area contributed by atoms with Gasteiger partial charge in [0.25, 0.3) is 0 Å². The van der Waals surface area contributed by atoms with Crippen molar-refractivity contribution in [2.75, 3.05) is 19.8 Å². The van der Waals surface area contributed by atoms with Gasteiger partial charge in [-0.1, -0.05) is 12.8 Å². The molecule has 0 aromatic rings. The average molecular weight is 306 g/mol. The van der Waals surface area contributed by atoms with Crippen molar-refractivity contribution >= 4 is 21.9 Å². The Labute approximate surface area is 119 Å². The predicted molar refractivity (Wildman–Crippen MR) is 73.6 cm³/mol. The minimum Gasteiger partial charge on any atom is -0.481 e. The summed E-state index contributed by atoms with van der Waals surface area (Å²) < 4.78 is 23.5. The molecule has 1 fully saturated rings. The van der Waals surface area contributed by atoms with Crippen LogP contribution in [0, 0.1) is 5.92 Å². The summed E-state index contributed by atoms with van der Waals surface area (Å²) in [7, 11) is -2.12. The van der Waals surface area contributed by atoms with E-state index in [9.17, 15) is 23.1 Å². The van der Waals surface area contributed by atoms with Gasteiger partial charge in [0.1, 0.15) is 0 Å². The Balaban J connectivity index is 2.74. The van der Waals surface area contributed by atoms with Gasteiger partial charge in [-0.05, 0) is 19.8 Å². The molecule has 0 aromatic heterocycles. The number of carbonyl (C=O) groups excluding carboxylic acids is 1. The zero-order valence-electron chi connectivity index (χ0n) is 12.0. The summed E-state index contributed by atoms with van der Waals surface area (Å²) in [5.74, 6) is -2.04. The Morgan fingerprint density at radius 3 is 2.50 bits per heavy atom. The molecule has 8 heteroatoms. The second-order valence-electron chi connectivity index (χ2n) is 5.62. The van der Waals surface area contributed by atoms with Crippen molar-refractivity contribution in [3.05, 3.63) is 0 Å². The maximum atomic E-state index is 11.9. The molecule has 2 atom stereocenters. The van der Waals surface area contributed by atoms with E-state index in [2.05, 4.69) is 5.32 Å². The SMILES string of the molecule is CN(CC(=O)NC1(C)CCCCC1C(=O)O)S(C)(=O)=O. The first-order valence-corrected chi connectivity index (χ1v) is 8.36. The fourth-order valence-electron chi connectivity index (χ4n) is 2.56. The molecule has 1 amide bonds. The van der Waals surface area contributed by atoms with Gasteiger partial charge >= 0.3 is 5.97 Å². The summed E-state index contributed by atoms with van der Waals surface area (Å²) in [5, 5.41) is 11.9. The molecule has 2 unspecified atom stereocenters. The van der Waals surface area contributed by atoms with Gasteiger partial charge in [0, 0.05) is 7.05 Å².